The van der Waals surface area contributed by atoms with Crippen molar-refractivity contribution in [2.45, 2.75) is 13.0 Å². The van der Waals surface area contributed by atoms with E-state index in [-0.39, 0.29) is 17.9 Å². The molecule has 4 aromatic rings. The van der Waals surface area contributed by atoms with E-state index in [0.717, 1.165) is 11.3 Å². The van der Waals surface area contributed by atoms with Crippen molar-refractivity contribution in [2.75, 3.05) is 5.32 Å². The number of aromatic nitrogens is 4. The molecule has 0 aliphatic heterocycles. The number of nitrogens with zero attached hydrogens (tertiary/aromatic N) is 4. The Morgan fingerprint density at radius 1 is 0.935 bits per heavy atom. The molecule has 31 heavy (non-hydrogen) atoms. The Kier molecular flexibility index (Phi) is 5.79. The molecule has 2 heterocycles. The molecule has 0 bridgehead atoms. The summed E-state index contributed by atoms with van der Waals surface area (Å²) in [4.78, 5) is 32.9. The van der Waals surface area contributed by atoms with E-state index in [4.69, 9.17) is 0 Å². The van der Waals surface area contributed by atoms with Crippen LogP contribution in [0, 0.1) is 0 Å². The van der Waals surface area contributed by atoms with Gasteiger partial charge in [0, 0.05) is 23.6 Å². The first-order chi connectivity index (χ1) is 15.1. The molecule has 1 unspecified atom stereocenters. The number of hydrogen-bond acceptors (Lipinski definition) is 5. The Labute approximate surface area is 179 Å². The Morgan fingerprint density at radius 2 is 1.74 bits per heavy atom. The zero-order chi connectivity index (χ0) is 21.6. The van der Waals surface area contributed by atoms with Gasteiger partial charge >= 0.3 is 0 Å². The summed E-state index contributed by atoms with van der Waals surface area (Å²) in [7, 11) is 0. The minimum Gasteiger partial charge on any atom is -0.346 e. The number of hydrogen-bond donors (Lipinski definition) is 2. The summed E-state index contributed by atoms with van der Waals surface area (Å²) in [6.45, 7) is 1.91. The van der Waals surface area contributed by atoms with Gasteiger partial charge in [-0.25, -0.2) is 9.67 Å². The summed E-state index contributed by atoms with van der Waals surface area (Å²) in [6.07, 6.45) is 6.19. The topological polar surface area (TPSA) is 102 Å². The van der Waals surface area contributed by atoms with E-state index < -0.39 is 0 Å². The normalized spacial score (nSPS) is 11.5. The molecule has 0 spiro atoms. The van der Waals surface area contributed by atoms with Crippen LogP contribution in [0.25, 0.3) is 5.69 Å². The van der Waals surface area contributed by atoms with Crippen molar-refractivity contribution in [1.29, 1.82) is 0 Å². The molecule has 8 heteroatoms. The van der Waals surface area contributed by atoms with Gasteiger partial charge in [-0.15, -0.1) is 0 Å². The number of benzene rings is 2. The average Bonchev–Trinajstić information content (AvgIpc) is 3.35. The Bertz CT molecular complexity index is 1170. The lowest BCUT2D eigenvalue weighted by molar-refractivity contribution is 0.0938. The van der Waals surface area contributed by atoms with Gasteiger partial charge in [-0.3, -0.25) is 14.6 Å². The predicted molar refractivity (Wildman–Crippen MR) is 116 cm³/mol. The van der Waals surface area contributed by atoms with Crippen molar-refractivity contribution in [3.05, 3.63) is 102 Å². The molecule has 0 aliphatic carbocycles. The van der Waals surface area contributed by atoms with Crippen LogP contribution in [0.5, 0.6) is 0 Å². The number of anilines is 1. The molecule has 0 saturated heterocycles. The largest absolute Gasteiger partial charge is 0.346 e. The molecule has 8 nitrogen and oxygen atoms in total. The van der Waals surface area contributed by atoms with E-state index in [1.54, 1.807) is 53.6 Å². The summed E-state index contributed by atoms with van der Waals surface area (Å²) in [6, 6.07) is 17.7. The number of pyridine rings is 1. The highest BCUT2D eigenvalue weighted by Crippen LogP contribution is 2.17. The lowest BCUT2D eigenvalue weighted by atomic mass is 10.1. The highest BCUT2D eigenvalue weighted by Gasteiger charge is 2.13. The van der Waals surface area contributed by atoms with Crippen LogP contribution in [0.2, 0.25) is 0 Å². The highest BCUT2D eigenvalue weighted by atomic mass is 16.2. The van der Waals surface area contributed by atoms with Crippen LogP contribution in [0.15, 0.2) is 85.7 Å². The molecule has 2 amide bonds. The van der Waals surface area contributed by atoms with Gasteiger partial charge in [0.1, 0.15) is 12.7 Å². The van der Waals surface area contributed by atoms with Gasteiger partial charge in [0.05, 0.1) is 17.3 Å². The number of amides is 2. The number of nitrogens with one attached hydrogen (secondary N) is 2. The summed E-state index contributed by atoms with van der Waals surface area (Å²) >= 11 is 0. The molecule has 2 aromatic carbocycles. The van der Waals surface area contributed by atoms with Crippen molar-refractivity contribution in [3.8, 4) is 5.69 Å². The van der Waals surface area contributed by atoms with Crippen molar-refractivity contribution in [1.82, 2.24) is 25.1 Å². The molecule has 0 fully saturated rings. The van der Waals surface area contributed by atoms with Crippen LogP contribution in [0.1, 0.15) is 39.2 Å². The smallest absolute Gasteiger partial charge is 0.257 e. The quantitative estimate of drug-likeness (QED) is 0.505. The average molecular weight is 412 g/mol. The molecule has 154 valence electrons. The zero-order valence-electron chi connectivity index (χ0n) is 16.8. The van der Waals surface area contributed by atoms with E-state index in [0.29, 0.717) is 16.8 Å². The minimum absolute atomic E-state index is 0.203. The fourth-order valence-electron chi connectivity index (χ4n) is 3.06. The first-order valence-electron chi connectivity index (χ1n) is 9.67. The third-order valence-electron chi connectivity index (χ3n) is 4.73. The third kappa shape index (κ3) is 4.81. The molecule has 0 aliphatic rings. The summed E-state index contributed by atoms with van der Waals surface area (Å²) in [5.74, 6) is -0.517. The number of rotatable bonds is 6. The maximum absolute atomic E-state index is 12.7. The van der Waals surface area contributed by atoms with E-state index in [1.807, 2.05) is 31.2 Å². The Morgan fingerprint density at radius 3 is 2.45 bits per heavy atom. The van der Waals surface area contributed by atoms with Crippen LogP contribution in [0.4, 0.5) is 5.69 Å². The second kappa shape index (κ2) is 9.00. The SMILES string of the molecule is CC(NC(=O)c1cccc(NC(=O)c2cccnc2)c1)c1ccc(-n2cncn2)cc1. The van der Waals surface area contributed by atoms with Crippen LogP contribution in [-0.4, -0.2) is 31.6 Å². The van der Waals surface area contributed by atoms with Gasteiger partial charge in [0.15, 0.2) is 0 Å². The Balaban J connectivity index is 1.41. The van der Waals surface area contributed by atoms with Crippen molar-refractivity contribution in [2.24, 2.45) is 0 Å². The van der Waals surface area contributed by atoms with Crippen LogP contribution < -0.4 is 10.6 Å². The molecule has 0 radical (unpaired) electrons. The summed E-state index contributed by atoms with van der Waals surface area (Å²) < 4.78 is 1.67. The molecule has 2 aromatic heterocycles. The van der Waals surface area contributed by atoms with Crippen LogP contribution in [-0.2, 0) is 0 Å². The monoisotopic (exact) mass is 412 g/mol. The fourth-order valence-corrected chi connectivity index (χ4v) is 3.06. The summed E-state index contributed by atoms with van der Waals surface area (Å²) in [5.41, 5.74) is 3.27. The molecule has 1 atom stereocenters. The molecular weight excluding hydrogens is 392 g/mol. The van der Waals surface area contributed by atoms with Gasteiger partial charge in [-0.2, -0.15) is 5.10 Å². The van der Waals surface area contributed by atoms with E-state index in [2.05, 4.69) is 25.7 Å². The third-order valence-corrected chi connectivity index (χ3v) is 4.73. The molecular formula is C23H20N6O2. The van der Waals surface area contributed by atoms with E-state index >= 15 is 0 Å². The lowest BCUT2D eigenvalue weighted by Crippen LogP contribution is -2.26. The first kappa shape index (κ1) is 20.0. The van der Waals surface area contributed by atoms with Gasteiger partial charge in [0.2, 0.25) is 0 Å². The van der Waals surface area contributed by atoms with Gasteiger partial charge in [-0.1, -0.05) is 18.2 Å². The van der Waals surface area contributed by atoms with Gasteiger partial charge < -0.3 is 10.6 Å². The maximum atomic E-state index is 12.7. The van der Waals surface area contributed by atoms with Gasteiger partial charge in [0.25, 0.3) is 11.8 Å². The molecule has 4 rings (SSSR count). The fraction of sp³-hybridized carbons (Fsp3) is 0.0870. The van der Waals surface area contributed by atoms with E-state index in [1.165, 1.54) is 12.5 Å². The number of carbonyl (C=O) groups is 2. The second-order valence-corrected chi connectivity index (χ2v) is 6.90. The zero-order valence-corrected chi connectivity index (χ0v) is 16.8. The molecule has 0 saturated carbocycles. The van der Waals surface area contributed by atoms with E-state index in [9.17, 15) is 9.59 Å². The predicted octanol–water partition coefficient (Wildman–Crippen LogP) is 3.41. The second-order valence-electron chi connectivity index (χ2n) is 6.90. The van der Waals surface area contributed by atoms with Crippen LogP contribution in [0.3, 0.4) is 0 Å². The van der Waals surface area contributed by atoms with Crippen LogP contribution >= 0.6 is 0 Å². The summed E-state index contributed by atoms with van der Waals surface area (Å²) in [5, 5.41) is 9.87. The highest BCUT2D eigenvalue weighted by molar-refractivity contribution is 6.04. The maximum Gasteiger partial charge on any atom is 0.257 e. The Hall–Kier alpha value is -4.33. The van der Waals surface area contributed by atoms with Gasteiger partial charge in [-0.05, 0) is 55.0 Å². The van der Waals surface area contributed by atoms with Crippen molar-refractivity contribution >= 4 is 17.5 Å². The minimum atomic E-state index is -0.286. The first-order valence-corrected chi connectivity index (χ1v) is 9.67. The standard InChI is InChI=1S/C23H20N6O2/c1-16(17-7-9-21(10-8-17)29-15-25-14-26-29)27-22(30)18-4-2-6-20(12-18)28-23(31)19-5-3-11-24-13-19/h2-16H,1H3,(H,27,30)(H,28,31). The van der Waals surface area contributed by atoms with Crippen molar-refractivity contribution < 1.29 is 9.59 Å². The lowest BCUT2D eigenvalue weighted by Gasteiger charge is -2.15. The molecule has 2 N–H and O–H groups in total. The van der Waals surface area contributed by atoms with Crippen molar-refractivity contribution in [3.63, 3.8) is 0 Å². The number of carbonyl (C=O) groups excluding carboxylic acids is 2.